The van der Waals surface area contributed by atoms with Gasteiger partial charge in [0.05, 0.1) is 11.7 Å². The van der Waals surface area contributed by atoms with Crippen molar-refractivity contribution >= 4 is 11.5 Å². The van der Waals surface area contributed by atoms with Gasteiger partial charge in [-0.1, -0.05) is 23.5 Å². The first-order chi connectivity index (χ1) is 9.98. The molecular formula is C13H14F3N3OS. The van der Waals surface area contributed by atoms with Gasteiger partial charge < -0.3 is 10.1 Å². The van der Waals surface area contributed by atoms with E-state index in [-0.39, 0.29) is 11.8 Å². The molecule has 0 saturated heterocycles. The third-order valence-electron chi connectivity index (χ3n) is 2.78. The van der Waals surface area contributed by atoms with Gasteiger partial charge in [-0.2, -0.15) is 0 Å². The highest BCUT2D eigenvalue weighted by atomic mass is 32.1. The van der Waals surface area contributed by atoms with E-state index in [1.807, 2.05) is 12.3 Å². The average Bonchev–Trinajstić information content (AvgIpc) is 2.92. The second-order valence-corrected chi connectivity index (χ2v) is 4.95. The summed E-state index contributed by atoms with van der Waals surface area (Å²) in [6.45, 7) is 2.74. The van der Waals surface area contributed by atoms with Crippen molar-refractivity contribution in [3.63, 3.8) is 0 Å². The molecule has 0 fully saturated rings. The quantitative estimate of drug-likeness (QED) is 0.888. The number of nitrogens with zero attached hydrogens (tertiary/aromatic N) is 2. The monoisotopic (exact) mass is 317 g/mol. The number of hydrogen-bond acceptors (Lipinski definition) is 5. The van der Waals surface area contributed by atoms with Crippen LogP contribution in [0.3, 0.4) is 0 Å². The Morgan fingerprint density at radius 2 is 2.00 bits per heavy atom. The highest BCUT2D eigenvalue weighted by Gasteiger charge is 2.31. The average molecular weight is 317 g/mol. The summed E-state index contributed by atoms with van der Waals surface area (Å²) in [7, 11) is 0. The smallest absolute Gasteiger partial charge is 0.406 e. The van der Waals surface area contributed by atoms with E-state index in [0.717, 1.165) is 17.8 Å². The summed E-state index contributed by atoms with van der Waals surface area (Å²) in [4.78, 5) is 0. The van der Waals surface area contributed by atoms with E-state index in [0.29, 0.717) is 6.42 Å². The maximum absolute atomic E-state index is 12.1. The van der Waals surface area contributed by atoms with Crippen LogP contribution in [0.1, 0.15) is 24.2 Å². The van der Waals surface area contributed by atoms with Gasteiger partial charge >= 0.3 is 6.36 Å². The number of nitrogens with one attached hydrogen (secondary N) is 1. The largest absolute Gasteiger partial charge is 0.573 e. The molecule has 1 aromatic heterocycles. The molecule has 114 valence electrons. The van der Waals surface area contributed by atoms with Crippen LogP contribution in [0.15, 0.2) is 29.6 Å². The Labute approximate surface area is 124 Å². The maximum atomic E-state index is 12.1. The van der Waals surface area contributed by atoms with Crippen molar-refractivity contribution in [1.29, 1.82) is 0 Å². The van der Waals surface area contributed by atoms with Gasteiger partial charge in [-0.25, -0.2) is 0 Å². The van der Waals surface area contributed by atoms with E-state index in [2.05, 4.69) is 19.6 Å². The maximum Gasteiger partial charge on any atom is 0.573 e. The molecule has 0 saturated carbocycles. The zero-order valence-electron chi connectivity index (χ0n) is 11.2. The second kappa shape index (κ2) is 6.86. The molecule has 1 heterocycles. The van der Waals surface area contributed by atoms with Crippen molar-refractivity contribution in [1.82, 2.24) is 14.9 Å². The summed E-state index contributed by atoms with van der Waals surface area (Å²) >= 11 is 1.27. The van der Waals surface area contributed by atoms with Gasteiger partial charge in [0.25, 0.3) is 0 Å². The Bertz CT molecular complexity index is 543. The lowest BCUT2D eigenvalue weighted by atomic mass is 10.0. The number of ether oxygens (including phenoxy) is 1. The Morgan fingerprint density at radius 1 is 1.29 bits per heavy atom. The predicted octanol–water partition coefficient (Wildman–Crippen LogP) is 3.33. The zero-order valence-corrected chi connectivity index (χ0v) is 12.0. The summed E-state index contributed by atoms with van der Waals surface area (Å²) in [6.07, 6.45) is -4.05. The van der Waals surface area contributed by atoms with Gasteiger partial charge in [0.1, 0.15) is 5.75 Å². The lowest BCUT2D eigenvalue weighted by Gasteiger charge is -2.15. The van der Waals surface area contributed by atoms with Crippen molar-refractivity contribution in [3.8, 4) is 5.75 Å². The molecule has 21 heavy (non-hydrogen) atoms. The fourth-order valence-electron chi connectivity index (χ4n) is 1.91. The summed E-state index contributed by atoms with van der Waals surface area (Å²) < 4.78 is 43.9. The van der Waals surface area contributed by atoms with Gasteiger partial charge in [-0.05, 0) is 42.2 Å². The topological polar surface area (TPSA) is 47.0 Å². The van der Waals surface area contributed by atoms with Crippen LogP contribution in [0.2, 0.25) is 0 Å². The van der Waals surface area contributed by atoms with Gasteiger partial charge in [-0.3, -0.25) is 0 Å². The molecule has 1 unspecified atom stereocenters. The van der Waals surface area contributed by atoms with E-state index in [1.165, 1.54) is 23.7 Å². The minimum atomic E-state index is -4.67. The van der Waals surface area contributed by atoms with Gasteiger partial charge in [0.15, 0.2) is 0 Å². The van der Waals surface area contributed by atoms with E-state index in [9.17, 15) is 13.2 Å². The molecule has 2 aromatic rings. The normalized spacial score (nSPS) is 13.1. The number of hydrogen-bond donors (Lipinski definition) is 1. The molecule has 0 amide bonds. The molecule has 0 aliphatic carbocycles. The van der Waals surface area contributed by atoms with Gasteiger partial charge in [0.2, 0.25) is 0 Å². The second-order valence-electron chi connectivity index (χ2n) is 4.34. The number of rotatable bonds is 6. The minimum absolute atomic E-state index is 0.0110. The first kappa shape index (κ1) is 15.7. The van der Waals surface area contributed by atoms with Crippen LogP contribution >= 0.6 is 11.5 Å². The molecule has 0 aliphatic rings. The summed E-state index contributed by atoms with van der Waals surface area (Å²) in [5.41, 5.74) is 1.72. The third-order valence-corrected chi connectivity index (χ3v) is 3.30. The Kier molecular flexibility index (Phi) is 5.13. The lowest BCUT2D eigenvalue weighted by molar-refractivity contribution is -0.274. The SMILES string of the molecule is CCNC(Cc1ccc(OC(F)(F)F)cc1)c1csnn1. The molecule has 2 rings (SSSR count). The molecule has 0 bridgehead atoms. The lowest BCUT2D eigenvalue weighted by Crippen LogP contribution is -2.23. The molecule has 1 N–H and O–H groups in total. The highest BCUT2D eigenvalue weighted by Crippen LogP contribution is 2.24. The predicted molar refractivity (Wildman–Crippen MR) is 73.2 cm³/mol. The zero-order chi connectivity index (χ0) is 15.3. The summed E-state index contributed by atoms with van der Waals surface area (Å²) in [5, 5.41) is 9.16. The van der Waals surface area contributed by atoms with Crippen LogP contribution in [-0.2, 0) is 6.42 Å². The van der Waals surface area contributed by atoms with E-state index in [1.54, 1.807) is 12.1 Å². The van der Waals surface area contributed by atoms with E-state index in [4.69, 9.17) is 0 Å². The minimum Gasteiger partial charge on any atom is -0.406 e. The third kappa shape index (κ3) is 4.98. The number of halogens is 3. The summed E-state index contributed by atoms with van der Waals surface area (Å²) in [5.74, 6) is -0.221. The van der Waals surface area contributed by atoms with Crippen molar-refractivity contribution in [2.24, 2.45) is 0 Å². The number of alkyl halides is 3. The van der Waals surface area contributed by atoms with Crippen molar-refractivity contribution < 1.29 is 17.9 Å². The standard InChI is InChI=1S/C13H14F3N3OS/c1-2-17-11(12-8-21-19-18-12)7-9-3-5-10(6-4-9)20-13(14,15)16/h3-6,8,11,17H,2,7H2,1H3. The number of aromatic nitrogens is 2. The van der Waals surface area contributed by atoms with E-state index < -0.39 is 6.36 Å². The fourth-order valence-corrected chi connectivity index (χ4v) is 2.42. The van der Waals surface area contributed by atoms with Crippen molar-refractivity contribution in [2.75, 3.05) is 6.54 Å². The molecule has 0 radical (unpaired) electrons. The van der Waals surface area contributed by atoms with Gasteiger partial charge in [-0.15, -0.1) is 18.3 Å². The molecule has 4 nitrogen and oxygen atoms in total. The van der Waals surface area contributed by atoms with Crippen LogP contribution in [0.5, 0.6) is 5.75 Å². The fraction of sp³-hybridized carbons (Fsp3) is 0.385. The molecule has 0 spiro atoms. The highest BCUT2D eigenvalue weighted by molar-refractivity contribution is 7.03. The molecule has 0 aliphatic heterocycles. The molecule has 1 atom stereocenters. The van der Waals surface area contributed by atoms with Crippen LogP contribution in [0, 0.1) is 0 Å². The Morgan fingerprint density at radius 3 is 2.52 bits per heavy atom. The number of likely N-dealkylation sites (N-methyl/N-ethyl adjacent to an activating group) is 1. The Balaban J connectivity index is 2.04. The first-order valence-corrected chi connectivity index (χ1v) is 7.16. The van der Waals surface area contributed by atoms with Gasteiger partial charge in [0, 0.05) is 5.38 Å². The Hall–Kier alpha value is -1.67. The van der Waals surface area contributed by atoms with Crippen LogP contribution in [-0.4, -0.2) is 22.5 Å². The van der Waals surface area contributed by atoms with Crippen LogP contribution in [0.25, 0.3) is 0 Å². The van der Waals surface area contributed by atoms with E-state index >= 15 is 0 Å². The molecule has 8 heteroatoms. The van der Waals surface area contributed by atoms with Crippen LogP contribution in [0.4, 0.5) is 13.2 Å². The summed E-state index contributed by atoms with van der Waals surface area (Å²) in [6, 6.07) is 5.84. The number of benzene rings is 1. The van der Waals surface area contributed by atoms with Crippen LogP contribution < -0.4 is 10.1 Å². The van der Waals surface area contributed by atoms with Crippen molar-refractivity contribution in [2.45, 2.75) is 25.7 Å². The first-order valence-electron chi connectivity index (χ1n) is 6.33. The van der Waals surface area contributed by atoms with Crippen molar-refractivity contribution in [3.05, 3.63) is 40.9 Å². The molecule has 1 aromatic carbocycles. The molecular weight excluding hydrogens is 303 g/mol.